The number of carbonyl (C=O) groups is 1. The van der Waals surface area contributed by atoms with Crippen LogP contribution in [0.1, 0.15) is 35.7 Å². The lowest BCUT2D eigenvalue weighted by molar-refractivity contribution is 0.0998. The lowest BCUT2D eigenvalue weighted by atomic mass is 9.98. The van der Waals surface area contributed by atoms with E-state index in [2.05, 4.69) is 10.0 Å². The van der Waals surface area contributed by atoms with Crippen molar-refractivity contribution in [3.63, 3.8) is 0 Å². The minimum Gasteiger partial charge on any atom is -0.496 e. The van der Waals surface area contributed by atoms with Crippen LogP contribution in [0.4, 0.5) is 0 Å². The first kappa shape index (κ1) is 13.1. The minimum absolute atomic E-state index is 0.186. The van der Waals surface area contributed by atoms with Crippen LogP contribution in [0.15, 0.2) is 23.3 Å². The largest absolute Gasteiger partial charge is 0.496 e. The lowest BCUT2D eigenvalue weighted by Crippen LogP contribution is -2.06. The Morgan fingerprint density at radius 2 is 2.24 bits per heavy atom. The summed E-state index contributed by atoms with van der Waals surface area (Å²) >= 11 is 0. The first-order chi connectivity index (χ1) is 8.10. The number of hydrogen-bond donors (Lipinski definition) is 0. The fourth-order valence-corrected chi connectivity index (χ4v) is 1.48. The van der Waals surface area contributed by atoms with E-state index in [4.69, 9.17) is 10.3 Å². The van der Waals surface area contributed by atoms with E-state index in [0.717, 1.165) is 5.56 Å². The number of carbonyl (C=O) groups excluding carboxylic acids is 1. The summed E-state index contributed by atoms with van der Waals surface area (Å²) < 4.78 is 5.13. The molecule has 1 aromatic rings. The van der Waals surface area contributed by atoms with Crippen LogP contribution in [0.5, 0.6) is 5.75 Å². The molecule has 0 saturated carbocycles. The van der Waals surface area contributed by atoms with Gasteiger partial charge in [0.25, 0.3) is 0 Å². The molecule has 0 radical (unpaired) electrons. The van der Waals surface area contributed by atoms with E-state index in [9.17, 15) is 4.79 Å². The van der Waals surface area contributed by atoms with Gasteiger partial charge in [-0.15, -0.1) is 0 Å². The van der Waals surface area contributed by atoms with E-state index in [-0.39, 0.29) is 12.3 Å². The van der Waals surface area contributed by atoms with Crippen molar-refractivity contribution in [3.05, 3.63) is 39.8 Å². The first-order valence-corrected chi connectivity index (χ1v) is 5.32. The molecule has 0 fully saturated rings. The van der Waals surface area contributed by atoms with Crippen LogP contribution in [0, 0.1) is 0 Å². The highest BCUT2D eigenvalue weighted by Crippen LogP contribution is 2.24. The van der Waals surface area contributed by atoms with Crippen LogP contribution in [0.25, 0.3) is 10.4 Å². The number of rotatable bonds is 5. The molecular weight excluding hydrogens is 218 g/mol. The molecule has 5 heteroatoms. The molecule has 0 N–H and O–H groups in total. The first-order valence-electron chi connectivity index (χ1n) is 5.32. The Hall–Kier alpha value is -2.00. The molecule has 0 bridgehead atoms. The van der Waals surface area contributed by atoms with Gasteiger partial charge in [-0.3, -0.25) is 4.79 Å². The van der Waals surface area contributed by atoms with E-state index in [1.807, 2.05) is 19.9 Å². The van der Waals surface area contributed by atoms with Crippen molar-refractivity contribution in [2.45, 2.75) is 19.8 Å². The van der Waals surface area contributed by atoms with Crippen molar-refractivity contribution < 1.29 is 9.53 Å². The molecule has 1 aromatic carbocycles. The van der Waals surface area contributed by atoms with E-state index < -0.39 is 0 Å². The number of ether oxygens (including phenoxy) is 1. The molecule has 5 nitrogen and oxygen atoms in total. The number of azide groups is 1. The highest BCUT2D eigenvalue weighted by molar-refractivity contribution is 6.00. The van der Waals surface area contributed by atoms with Gasteiger partial charge >= 0.3 is 0 Å². The van der Waals surface area contributed by atoms with Gasteiger partial charge in [0.2, 0.25) is 0 Å². The highest BCUT2D eigenvalue weighted by atomic mass is 16.5. The normalized spacial score (nSPS) is 9.88. The van der Waals surface area contributed by atoms with Gasteiger partial charge in [0, 0.05) is 4.91 Å². The molecule has 1 rings (SSSR count). The minimum atomic E-state index is -0.234. The van der Waals surface area contributed by atoms with Gasteiger partial charge in [-0.05, 0) is 29.1 Å². The Morgan fingerprint density at radius 1 is 1.53 bits per heavy atom. The van der Waals surface area contributed by atoms with Crippen molar-refractivity contribution >= 4 is 5.78 Å². The summed E-state index contributed by atoms with van der Waals surface area (Å²) in [6.45, 7) is 3.90. The number of Topliss-reactive ketones (excluding diaryl/α,β-unsaturated/α-hetero) is 1. The maximum Gasteiger partial charge on any atom is 0.172 e. The van der Waals surface area contributed by atoms with Crippen molar-refractivity contribution in [3.8, 4) is 5.75 Å². The summed E-state index contributed by atoms with van der Waals surface area (Å²) in [6, 6.07) is 5.48. The topological polar surface area (TPSA) is 75.1 Å². The molecule has 0 atom stereocenters. The Balaban J connectivity index is 3.13. The number of nitrogens with zero attached hydrogens (tertiary/aromatic N) is 3. The second-order valence-corrected chi connectivity index (χ2v) is 3.93. The van der Waals surface area contributed by atoms with Crippen LogP contribution in [-0.4, -0.2) is 19.4 Å². The van der Waals surface area contributed by atoms with E-state index in [1.54, 1.807) is 12.1 Å². The second kappa shape index (κ2) is 5.92. The number of hydrogen-bond acceptors (Lipinski definition) is 3. The summed E-state index contributed by atoms with van der Waals surface area (Å²) in [5.41, 5.74) is 9.72. The molecule has 90 valence electrons. The fraction of sp³-hybridized carbons (Fsp3) is 0.417. The van der Waals surface area contributed by atoms with Crippen LogP contribution in [-0.2, 0) is 0 Å². The number of benzene rings is 1. The van der Waals surface area contributed by atoms with Crippen LogP contribution >= 0.6 is 0 Å². The van der Waals surface area contributed by atoms with Crippen molar-refractivity contribution in [1.82, 2.24) is 0 Å². The van der Waals surface area contributed by atoms with Crippen molar-refractivity contribution in [1.29, 1.82) is 0 Å². The summed E-state index contributed by atoms with van der Waals surface area (Å²) in [4.78, 5) is 14.4. The summed E-state index contributed by atoms with van der Waals surface area (Å²) in [7, 11) is 1.51. The molecule has 17 heavy (non-hydrogen) atoms. The van der Waals surface area contributed by atoms with Gasteiger partial charge in [0.05, 0.1) is 19.2 Å². The van der Waals surface area contributed by atoms with Gasteiger partial charge in [-0.1, -0.05) is 25.0 Å². The summed E-state index contributed by atoms with van der Waals surface area (Å²) in [5.74, 6) is 0.599. The molecule has 0 aromatic heterocycles. The fourth-order valence-electron chi connectivity index (χ4n) is 1.48. The molecular formula is C12H15N3O2. The Labute approximate surface area is 100 Å². The third kappa shape index (κ3) is 3.23. The van der Waals surface area contributed by atoms with Crippen LogP contribution < -0.4 is 4.74 Å². The van der Waals surface area contributed by atoms with Gasteiger partial charge in [-0.25, -0.2) is 0 Å². The molecule has 0 aliphatic rings. The SMILES string of the molecule is COc1ccc(C(C)C)cc1C(=O)CN=[N+]=[N-]. The van der Waals surface area contributed by atoms with Gasteiger partial charge in [0.1, 0.15) is 5.75 Å². The predicted octanol–water partition coefficient (Wildman–Crippen LogP) is 3.31. The van der Waals surface area contributed by atoms with Crippen LogP contribution in [0.2, 0.25) is 0 Å². The third-order valence-corrected chi connectivity index (χ3v) is 2.47. The standard InChI is InChI=1S/C12H15N3O2/c1-8(2)9-4-5-12(17-3)10(6-9)11(16)7-14-15-13/h4-6,8H,7H2,1-3H3. The zero-order valence-electron chi connectivity index (χ0n) is 10.2. The molecule has 0 amide bonds. The maximum absolute atomic E-state index is 11.8. The van der Waals surface area contributed by atoms with E-state index in [0.29, 0.717) is 17.2 Å². The Morgan fingerprint density at radius 3 is 2.76 bits per heavy atom. The Kier molecular flexibility index (Phi) is 4.55. The third-order valence-electron chi connectivity index (χ3n) is 2.47. The van der Waals surface area contributed by atoms with Gasteiger partial charge in [0.15, 0.2) is 5.78 Å². The van der Waals surface area contributed by atoms with E-state index >= 15 is 0 Å². The quantitative estimate of drug-likeness (QED) is 0.338. The lowest BCUT2D eigenvalue weighted by Gasteiger charge is -2.11. The number of ketones is 1. The molecule has 0 aliphatic carbocycles. The second-order valence-electron chi connectivity index (χ2n) is 3.93. The predicted molar refractivity (Wildman–Crippen MR) is 65.4 cm³/mol. The number of methoxy groups -OCH3 is 1. The van der Waals surface area contributed by atoms with Gasteiger partial charge < -0.3 is 4.74 Å². The molecule has 0 saturated heterocycles. The average molecular weight is 233 g/mol. The average Bonchev–Trinajstić information content (AvgIpc) is 2.34. The molecule has 0 aliphatic heterocycles. The highest BCUT2D eigenvalue weighted by Gasteiger charge is 2.13. The smallest absolute Gasteiger partial charge is 0.172 e. The molecule has 0 spiro atoms. The summed E-state index contributed by atoms with van der Waals surface area (Å²) in [5, 5.41) is 3.27. The van der Waals surface area contributed by atoms with Crippen LogP contribution in [0.3, 0.4) is 0 Å². The molecule has 0 heterocycles. The zero-order valence-corrected chi connectivity index (χ0v) is 10.2. The monoisotopic (exact) mass is 233 g/mol. The molecule has 0 unspecified atom stereocenters. The Bertz CT molecular complexity index is 463. The van der Waals surface area contributed by atoms with E-state index in [1.165, 1.54) is 7.11 Å². The van der Waals surface area contributed by atoms with Gasteiger partial charge in [-0.2, -0.15) is 0 Å². The van der Waals surface area contributed by atoms with Crippen molar-refractivity contribution in [2.75, 3.05) is 13.7 Å². The zero-order chi connectivity index (χ0) is 12.8. The maximum atomic E-state index is 11.8. The summed E-state index contributed by atoms with van der Waals surface area (Å²) in [6.07, 6.45) is 0. The van der Waals surface area contributed by atoms with Crippen molar-refractivity contribution in [2.24, 2.45) is 5.11 Å².